The second-order valence-electron chi connectivity index (χ2n) is 17.0. The molecular formula is C48H56GeIrNO2-. The van der Waals surface area contributed by atoms with Gasteiger partial charge >= 0.3 is 222 Å². The van der Waals surface area contributed by atoms with Gasteiger partial charge in [-0.1, -0.05) is 27.7 Å². The van der Waals surface area contributed by atoms with E-state index in [2.05, 4.69) is 111 Å². The number of aromatic nitrogens is 1. The van der Waals surface area contributed by atoms with Gasteiger partial charge in [0.1, 0.15) is 0 Å². The molecule has 7 rings (SSSR count). The van der Waals surface area contributed by atoms with Crippen LogP contribution in [0.15, 0.2) is 84.8 Å². The fourth-order valence-electron chi connectivity index (χ4n) is 8.16. The van der Waals surface area contributed by atoms with E-state index in [0.29, 0.717) is 0 Å². The van der Waals surface area contributed by atoms with E-state index in [0.717, 1.165) is 43.0 Å². The molecule has 0 aliphatic heterocycles. The number of pyridine rings is 1. The molecule has 0 fully saturated rings. The number of carbonyl (C=O) groups is 1. The third-order valence-corrected chi connectivity index (χ3v) is 15.4. The molecule has 6 aromatic carbocycles. The molecular weight excluding hydrogens is 887 g/mol. The van der Waals surface area contributed by atoms with Crippen LogP contribution in [-0.4, -0.2) is 29.1 Å². The van der Waals surface area contributed by atoms with E-state index in [9.17, 15) is 9.90 Å². The van der Waals surface area contributed by atoms with Crippen molar-refractivity contribution in [1.82, 2.24) is 4.98 Å². The van der Waals surface area contributed by atoms with Crippen molar-refractivity contribution in [2.75, 3.05) is 0 Å². The molecule has 1 N–H and O–H groups in total. The first-order chi connectivity index (χ1) is 24.7. The van der Waals surface area contributed by atoms with Crippen LogP contribution in [0.3, 0.4) is 0 Å². The Hall–Kier alpha value is -3.31. The van der Waals surface area contributed by atoms with Crippen LogP contribution in [0.1, 0.15) is 79.7 Å². The van der Waals surface area contributed by atoms with Crippen LogP contribution in [0.2, 0.25) is 17.3 Å². The number of nitrogens with zero attached hydrogens (tertiary/aromatic N) is 1. The van der Waals surface area contributed by atoms with Crippen LogP contribution in [0.4, 0.5) is 0 Å². The monoisotopic (exact) mass is 945 g/mol. The summed E-state index contributed by atoms with van der Waals surface area (Å²) in [5.74, 6) is 8.00. The molecule has 0 bridgehead atoms. The summed E-state index contributed by atoms with van der Waals surface area (Å²) in [5.41, 5.74) is 2.66. The molecule has 0 aliphatic carbocycles. The third kappa shape index (κ3) is 7.93. The van der Waals surface area contributed by atoms with Crippen molar-refractivity contribution in [3.05, 3.63) is 96.4 Å². The molecule has 0 saturated carbocycles. The molecule has 0 unspecified atom stereocenters. The van der Waals surface area contributed by atoms with Gasteiger partial charge in [0.2, 0.25) is 0 Å². The topological polar surface area (TPSA) is 50.2 Å². The zero-order valence-electron chi connectivity index (χ0n) is 33.3. The molecule has 0 saturated heterocycles. The number of rotatable bonds is 9. The minimum Gasteiger partial charge on any atom is -0.512 e. The number of ketones is 1. The predicted octanol–water partition coefficient (Wildman–Crippen LogP) is 13.2. The molecule has 1 heterocycles. The van der Waals surface area contributed by atoms with Crippen LogP contribution in [0.5, 0.6) is 0 Å². The quantitative estimate of drug-likeness (QED) is 0.0392. The predicted molar refractivity (Wildman–Crippen MR) is 229 cm³/mol. The summed E-state index contributed by atoms with van der Waals surface area (Å²) in [6, 6.07) is 29.0. The second kappa shape index (κ2) is 16.2. The van der Waals surface area contributed by atoms with Crippen LogP contribution >= 0.6 is 0 Å². The van der Waals surface area contributed by atoms with E-state index in [-0.39, 0.29) is 48.9 Å². The van der Waals surface area contributed by atoms with Crippen molar-refractivity contribution in [3.63, 3.8) is 0 Å². The summed E-state index contributed by atoms with van der Waals surface area (Å²) in [7, 11) is 0. The van der Waals surface area contributed by atoms with Crippen molar-refractivity contribution in [1.29, 1.82) is 0 Å². The molecule has 5 heteroatoms. The number of aliphatic hydroxyl groups excluding tert-OH is 1. The first-order valence-electron chi connectivity index (χ1n) is 19.4. The van der Waals surface area contributed by atoms with Crippen LogP contribution in [0.25, 0.3) is 64.8 Å². The van der Waals surface area contributed by atoms with Gasteiger partial charge in [-0.25, -0.2) is 0 Å². The number of allylic oxidation sites excluding steroid dienone is 2. The Kier molecular flexibility index (Phi) is 12.5. The van der Waals surface area contributed by atoms with E-state index in [1.807, 2.05) is 33.9 Å². The van der Waals surface area contributed by atoms with Gasteiger partial charge in [-0.2, -0.15) is 0 Å². The van der Waals surface area contributed by atoms with Crippen LogP contribution in [0, 0.1) is 23.3 Å². The second-order valence-corrected chi connectivity index (χ2v) is 27.6. The fraction of sp³-hybridized carbons (Fsp3) is 0.375. The Bertz CT molecular complexity index is 2440. The molecule has 7 aromatic rings. The summed E-state index contributed by atoms with van der Waals surface area (Å²) in [6.45, 7) is 15.1. The van der Waals surface area contributed by atoms with Crippen molar-refractivity contribution in [2.24, 2.45) is 17.3 Å². The molecule has 53 heavy (non-hydrogen) atoms. The molecule has 0 spiro atoms. The Morgan fingerprint density at radius 2 is 1.38 bits per heavy atom. The van der Waals surface area contributed by atoms with Crippen LogP contribution < -0.4 is 4.40 Å². The summed E-state index contributed by atoms with van der Waals surface area (Å²) in [6.07, 6.45) is 7.91. The van der Waals surface area contributed by atoms with E-state index in [1.54, 1.807) is 4.40 Å². The number of carbonyl (C=O) groups excluding carboxylic acids is 1. The first-order valence-corrected chi connectivity index (χ1v) is 26.8. The smallest absolute Gasteiger partial charge is 0.162 e. The van der Waals surface area contributed by atoms with E-state index >= 15 is 0 Å². The fourth-order valence-corrected chi connectivity index (χ4v) is 10.6. The molecule has 1 aromatic heterocycles. The van der Waals surface area contributed by atoms with E-state index in [4.69, 9.17) is 4.98 Å². The number of fused-ring (bicyclic) bond motifs is 7. The standard InChI is InChI=1S/C35H32GeN.C13H24O2.Ir/c1-35(2,3)20-30-23-11-8-7-10-21(23)18-29-31(30)27-13-9-12-25-28-19-22(36(4,5)6)14-15-24(28)26-16-17-37-34(29)33(26)32(25)27;1-5-10(6-2)12(14)9-13(15)11(7-3)8-4;/h7-17,19H,20H2,1-6H3;9-11,14H,5-8H2,1-4H3;/q-1;;/b;12-9-;. The Morgan fingerprint density at radius 3 is 2.02 bits per heavy atom. The zero-order chi connectivity index (χ0) is 37.5. The summed E-state index contributed by atoms with van der Waals surface area (Å²) < 4.78 is 1.55. The van der Waals surface area contributed by atoms with Crippen molar-refractivity contribution in [3.8, 4) is 0 Å². The maximum atomic E-state index is 11.7. The first kappa shape index (κ1) is 40.9. The molecule has 1 radical (unpaired) electrons. The van der Waals surface area contributed by atoms with Gasteiger partial charge in [-0.3, -0.25) is 4.79 Å². The van der Waals surface area contributed by atoms with Crippen molar-refractivity contribution >= 4 is 88.2 Å². The normalized spacial score (nSPS) is 12.8. The van der Waals surface area contributed by atoms with Gasteiger partial charge in [0, 0.05) is 38.0 Å². The molecule has 3 nitrogen and oxygen atoms in total. The maximum Gasteiger partial charge on any atom is 0.162 e. The van der Waals surface area contributed by atoms with Gasteiger partial charge in [0.05, 0.1) is 5.76 Å². The largest absolute Gasteiger partial charge is 0.512 e. The summed E-state index contributed by atoms with van der Waals surface area (Å²) in [4.78, 5) is 16.8. The molecule has 0 atom stereocenters. The minimum atomic E-state index is -2.00. The minimum absolute atomic E-state index is 0. The number of hydrogen-bond acceptors (Lipinski definition) is 3. The van der Waals surface area contributed by atoms with E-state index < -0.39 is 13.3 Å². The SMILES string of the molecule is CC(C)(C)Cc1c2ccccc2[c-]c2c3nccc4c5cc[c]([Ge]([CH3])([CH3])[CH3])cc5c5cccc(c12)c5c43.CCC(CC)C(=O)/C=C(\O)C(CC)CC.[Ir]. The summed E-state index contributed by atoms with van der Waals surface area (Å²) >= 11 is -2.00. The zero-order valence-corrected chi connectivity index (χ0v) is 37.8. The third-order valence-electron chi connectivity index (χ3n) is 11.1. The van der Waals surface area contributed by atoms with Gasteiger partial charge in [-0.05, 0) is 25.7 Å². The van der Waals surface area contributed by atoms with Gasteiger partial charge < -0.3 is 5.11 Å². The molecule has 0 amide bonds. The van der Waals surface area contributed by atoms with Gasteiger partial charge in [-0.15, -0.1) is 0 Å². The Morgan fingerprint density at radius 1 is 0.755 bits per heavy atom. The van der Waals surface area contributed by atoms with E-state index in [1.165, 1.54) is 65.5 Å². The average molecular weight is 944 g/mol. The number of aliphatic hydroxyl groups is 1. The van der Waals surface area contributed by atoms with Crippen LogP contribution in [-0.2, 0) is 31.3 Å². The Labute approximate surface area is 332 Å². The maximum absolute atomic E-state index is 11.7. The number of benzene rings is 6. The summed E-state index contributed by atoms with van der Waals surface area (Å²) in [5, 5.41) is 24.1. The Balaban J connectivity index is 0.000000290. The van der Waals surface area contributed by atoms with Gasteiger partial charge in [0.15, 0.2) is 5.78 Å². The van der Waals surface area contributed by atoms with Gasteiger partial charge in [0.25, 0.3) is 0 Å². The molecule has 0 aliphatic rings. The average Bonchev–Trinajstić information content (AvgIpc) is 3.11. The molecule has 279 valence electrons. The van der Waals surface area contributed by atoms with Crippen molar-refractivity contribution < 1.29 is 30.0 Å². The van der Waals surface area contributed by atoms with Crippen molar-refractivity contribution in [2.45, 2.75) is 97.8 Å². The number of hydrogen-bond donors (Lipinski definition) is 1.